The van der Waals surface area contributed by atoms with E-state index in [1.54, 1.807) is 48.5 Å². The molecule has 1 aromatic heterocycles. The number of nitrogens with two attached hydrogens (primary N) is 1. The lowest BCUT2D eigenvalue weighted by Crippen LogP contribution is -2.50. The molecule has 43 heavy (non-hydrogen) atoms. The number of nitrogens with one attached hydrogen (secondary N) is 4. The van der Waals surface area contributed by atoms with Gasteiger partial charge in [-0.1, -0.05) is 62.2 Å². The molecule has 1 saturated heterocycles. The normalized spacial score (nSPS) is 22.1. The second-order valence-electron chi connectivity index (χ2n) is 12.0. The van der Waals surface area contributed by atoms with Crippen LogP contribution in [0.5, 0.6) is 0 Å². The molecule has 0 spiro atoms. The Morgan fingerprint density at radius 3 is 2.42 bits per heavy atom. The molecule has 0 aliphatic carbocycles. The zero-order valence-corrected chi connectivity index (χ0v) is 25.3. The summed E-state index contributed by atoms with van der Waals surface area (Å²) >= 11 is 12.4. The number of amides is 1. The molecule has 5 rings (SSSR count). The third-order valence-corrected chi connectivity index (χ3v) is 8.53. The predicted molar refractivity (Wildman–Crippen MR) is 164 cm³/mol. The molecule has 12 heteroatoms. The maximum atomic E-state index is 15.9. The summed E-state index contributed by atoms with van der Waals surface area (Å²) in [4.78, 5) is 28.1. The van der Waals surface area contributed by atoms with Gasteiger partial charge < -0.3 is 16.4 Å². The summed E-state index contributed by atoms with van der Waals surface area (Å²) in [6.07, 6.45) is 0.491. The lowest BCUT2D eigenvalue weighted by molar-refractivity contribution is -0.118. The molecule has 1 fully saturated rings. The minimum atomic E-state index is -1.26. The molecular weight excluding hydrogens is 597 g/mol. The Bertz CT molecular complexity index is 1700. The number of carbonyl (C=O) groups excluding carboxylic acids is 1. The number of nitrogens with zero attached hydrogens (tertiary/aromatic N) is 1. The number of aromatic nitrogens is 3. The molecule has 0 radical (unpaired) electrons. The summed E-state index contributed by atoms with van der Waals surface area (Å²) in [6, 6.07) is 14.1. The van der Waals surface area contributed by atoms with Crippen molar-refractivity contribution in [1.29, 1.82) is 0 Å². The lowest BCUT2D eigenvalue weighted by atomic mass is 9.62. The molecule has 0 unspecified atom stereocenters. The first-order valence-corrected chi connectivity index (χ1v) is 14.5. The highest BCUT2D eigenvalue weighted by Crippen LogP contribution is 2.52. The first kappa shape index (κ1) is 30.9. The van der Waals surface area contributed by atoms with Crippen LogP contribution in [-0.4, -0.2) is 39.7 Å². The van der Waals surface area contributed by atoms with Gasteiger partial charge in [0.2, 0.25) is 5.91 Å². The van der Waals surface area contributed by atoms with E-state index in [4.69, 9.17) is 28.9 Å². The first-order chi connectivity index (χ1) is 20.3. The van der Waals surface area contributed by atoms with Crippen molar-refractivity contribution in [2.24, 2.45) is 11.1 Å². The highest BCUT2D eigenvalue weighted by molar-refractivity contribution is 6.31. The lowest BCUT2D eigenvalue weighted by Gasteiger charge is -2.42. The highest BCUT2D eigenvalue weighted by Gasteiger charge is 2.59. The van der Waals surface area contributed by atoms with Gasteiger partial charge in [0, 0.05) is 40.2 Å². The van der Waals surface area contributed by atoms with E-state index >= 15 is 8.78 Å². The quantitative estimate of drug-likeness (QED) is 0.178. The van der Waals surface area contributed by atoms with Crippen molar-refractivity contribution in [1.82, 2.24) is 20.5 Å². The van der Waals surface area contributed by atoms with Crippen LogP contribution < -0.4 is 22.1 Å². The van der Waals surface area contributed by atoms with Gasteiger partial charge in [-0.25, -0.2) is 18.7 Å². The maximum absolute atomic E-state index is 15.9. The Hall–Kier alpha value is -3.57. The fourth-order valence-corrected chi connectivity index (χ4v) is 6.55. The number of anilines is 1. The van der Waals surface area contributed by atoms with E-state index in [1.165, 1.54) is 12.1 Å². The minimum Gasteiger partial charge on any atom is -0.329 e. The molecule has 1 aliphatic rings. The molecule has 2 heterocycles. The van der Waals surface area contributed by atoms with Crippen LogP contribution in [0, 0.1) is 17.0 Å². The Balaban J connectivity index is 1.62. The zero-order valence-electron chi connectivity index (χ0n) is 23.8. The van der Waals surface area contributed by atoms with Gasteiger partial charge in [0.15, 0.2) is 5.82 Å². The summed E-state index contributed by atoms with van der Waals surface area (Å²) in [6.45, 7) is 6.00. The van der Waals surface area contributed by atoms with Crippen LogP contribution in [0.2, 0.25) is 10.0 Å². The third kappa shape index (κ3) is 5.97. The van der Waals surface area contributed by atoms with E-state index in [2.05, 4.69) is 25.8 Å². The number of aromatic amines is 2. The van der Waals surface area contributed by atoms with Crippen molar-refractivity contribution in [3.05, 3.63) is 104 Å². The van der Waals surface area contributed by atoms with Gasteiger partial charge in [0.25, 0.3) is 0 Å². The largest absolute Gasteiger partial charge is 0.340 e. The van der Waals surface area contributed by atoms with Crippen LogP contribution in [0.3, 0.4) is 0 Å². The van der Waals surface area contributed by atoms with E-state index in [-0.39, 0.29) is 33.1 Å². The SMILES string of the molecule is CC(C)(C)C[C@@H]1N[C@@H](C(=O)Nc2ccc(-c3n[nH]c(=O)[nH]3)cc2)[C@H](c2cccc(Cl)c2F)[C@@]1(CN)c1ccc(Cl)cc1F. The zero-order chi connectivity index (χ0) is 31.1. The molecule has 6 N–H and O–H groups in total. The van der Waals surface area contributed by atoms with Gasteiger partial charge in [-0.3, -0.25) is 9.78 Å². The van der Waals surface area contributed by atoms with Gasteiger partial charge in [0.05, 0.1) is 11.1 Å². The summed E-state index contributed by atoms with van der Waals surface area (Å²) in [5.41, 5.74) is 6.05. The standard InChI is InChI=1S/C31H32Cl2F2N6O2/c1-30(2,3)14-23-31(15-36,20-12-9-17(32)13-22(20)34)24(19-5-4-6-21(33)25(19)35)26(38-23)28(42)37-18-10-7-16(8-11-18)27-39-29(43)41-40-27/h4-13,23-24,26,38H,14-15,36H2,1-3H3,(H,37,42)(H2,39,40,41,43)/t23-,24-,26+,31-/m0/s1. The number of halogens is 4. The summed E-state index contributed by atoms with van der Waals surface area (Å²) in [5.74, 6) is -2.37. The van der Waals surface area contributed by atoms with Gasteiger partial charge in [0.1, 0.15) is 11.6 Å². The topological polar surface area (TPSA) is 129 Å². The number of H-pyrrole nitrogens is 2. The molecule has 1 amide bonds. The van der Waals surface area contributed by atoms with Crippen molar-refractivity contribution >= 4 is 34.8 Å². The Labute approximate surface area is 257 Å². The van der Waals surface area contributed by atoms with Crippen LogP contribution in [0.1, 0.15) is 44.2 Å². The molecule has 3 aromatic carbocycles. The van der Waals surface area contributed by atoms with E-state index in [9.17, 15) is 9.59 Å². The fraction of sp³-hybridized carbons (Fsp3) is 0.323. The highest BCUT2D eigenvalue weighted by atomic mass is 35.5. The van der Waals surface area contributed by atoms with Gasteiger partial charge in [-0.05, 0) is 65.4 Å². The number of hydrogen-bond acceptors (Lipinski definition) is 5. The van der Waals surface area contributed by atoms with Crippen LogP contribution in [-0.2, 0) is 10.2 Å². The number of rotatable bonds is 7. The van der Waals surface area contributed by atoms with E-state index in [0.717, 1.165) is 0 Å². The van der Waals surface area contributed by atoms with Crippen molar-refractivity contribution in [3.63, 3.8) is 0 Å². The average Bonchev–Trinajstić information content (AvgIpc) is 3.51. The second-order valence-corrected chi connectivity index (χ2v) is 12.9. The maximum Gasteiger partial charge on any atom is 0.340 e. The van der Waals surface area contributed by atoms with E-state index in [1.807, 2.05) is 20.8 Å². The molecule has 8 nitrogen and oxygen atoms in total. The molecule has 0 saturated carbocycles. The van der Waals surface area contributed by atoms with Gasteiger partial charge in [-0.15, -0.1) is 0 Å². The molecule has 0 bridgehead atoms. The molecule has 1 aliphatic heterocycles. The summed E-state index contributed by atoms with van der Waals surface area (Å²) in [7, 11) is 0. The predicted octanol–water partition coefficient (Wildman–Crippen LogP) is 5.75. The first-order valence-electron chi connectivity index (χ1n) is 13.8. The van der Waals surface area contributed by atoms with E-state index < -0.39 is 46.6 Å². The summed E-state index contributed by atoms with van der Waals surface area (Å²) in [5, 5.41) is 12.6. The molecular formula is C31H32Cl2F2N6O2. The van der Waals surface area contributed by atoms with Crippen LogP contribution in [0.25, 0.3) is 11.4 Å². The number of carbonyl (C=O) groups is 1. The van der Waals surface area contributed by atoms with Crippen molar-refractivity contribution < 1.29 is 13.6 Å². The van der Waals surface area contributed by atoms with E-state index in [0.29, 0.717) is 23.5 Å². The van der Waals surface area contributed by atoms with Crippen molar-refractivity contribution in [2.45, 2.75) is 50.6 Å². The molecule has 4 atom stereocenters. The fourth-order valence-electron chi connectivity index (χ4n) is 6.21. The third-order valence-electron chi connectivity index (χ3n) is 8.00. The van der Waals surface area contributed by atoms with Crippen molar-refractivity contribution in [2.75, 3.05) is 11.9 Å². The monoisotopic (exact) mass is 628 g/mol. The second kappa shape index (κ2) is 11.8. The minimum absolute atomic E-state index is 0.101. The molecule has 4 aromatic rings. The number of benzene rings is 3. The summed E-state index contributed by atoms with van der Waals surface area (Å²) < 4.78 is 31.7. The van der Waals surface area contributed by atoms with Crippen molar-refractivity contribution in [3.8, 4) is 11.4 Å². The van der Waals surface area contributed by atoms with Crippen LogP contribution >= 0.6 is 23.2 Å². The smallest absolute Gasteiger partial charge is 0.329 e. The molecule has 226 valence electrons. The number of hydrogen-bond donors (Lipinski definition) is 5. The average molecular weight is 630 g/mol. The van der Waals surface area contributed by atoms with Crippen LogP contribution in [0.15, 0.2) is 65.5 Å². The Morgan fingerprint density at radius 1 is 1.09 bits per heavy atom. The Morgan fingerprint density at radius 2 is 1.81 bits per heavy atom. The Kier molecular flexibility index (Phi) is 8.50. The van der Waals surface area contributed by atoms with Gasteiger partial charge >= 0.3 is 5.69 Å². The van der Waals surface area contributed by atoms with Gasteiger partial charge in [-0.2, -0.15) is 5.10 Å². The van der Waals surface area contributed by atoms with Crippen LogP contribution in [0.4, 0.5) is 14.5 Å².